The second kappa shape index (κ2) is 3.83. The maximum absolute atomic E-state index is 10.6. The van der Waals surface area contributed by atoms with Gasteiger partial charge in [0.2, 0.25) is 0 Å². The van der Waals surface area contributed by atoms with E-state index >= 15 is 0 Å². The van der Waals surface area contributed by atoms with E-state index in [1.807, 2.05) is 0 Å². The van der Waals surface area contributed by atoms with Gasteiger partial charge in [-0.2, -0.15) is 0 Å². The Balaban J connectivity index is 2.62. The highest BCUT2D eigenvalue weighted by Gasteiger charge is 2.11. The van der Waals surface area contributed by atoms with Crippen LogP contribution in [-0.2, 0) is 11.2 Å². The summed E-state index contributed by atoms with van der Waals surface area (Å²) >= 11 is 9.09. The van der Waals surface area contributed by atoms with Gasteiger partial charge >= 0.3 is 5.97 Å². The lowest BCUT2D eigenvalue weighted by Gasteiger charge is -1.98. The van der Waals surface area contributed by atoms with Gasteiger partial charge in [-0.15, -0.1) is 0 Å². The highest BCUT2D eigenvalue weighted by atomic mass is 79.9. The first kappa shape index (κ1) is 10.4. The Kier molecular flexibility index (Phi) is 2.67. The standard InChI is InChI=1S/C9H6BrClN2O2/c10-9-6-3-5(11)1-2-13(6)7(12-9)4-8(14)15/h1-3H,4H2,(H,14,15). The number of carboxylic acids is 1. The molecule has 2 heterocycles. The molecule has 0 bridgehead atoms. The molecular formula is C9H6BrClN2O2. The molecule has 78 valence electrons. The van der Waals surface area contributed by atoms with E-state index in [1.165, 1.54) is 0 Å². The van der Waals surface area contributed by atoms with E-state index in [1.54, 1.807) is 22.7 Å². The number of nitrogens with zero attached hydrogens (tertiary/aromatic N) is 2. The summed E-state index contributed by atoms with van der Waals surface area (Å²) in [6.07, 6.45) is 1.59. The summed E-state index contributed by atoms with van der Waals surface area (Å²) in [7, 11) is 0. The quantitative estimate of drug-likeness (QED) is 0.923. The van der Waals surface area contributed by atoms with E-state index in [9.17, 15) is 4.79 Å². The van der Waals surface area contributed by atoms with Crippen LogP contribution in [0.25, 0.3) is 5.52 Å². The maximum Gasteiger partial charge on any atom is 0.311 e. The molecule has 0 aromatic carbocycles. The van der Waals surface area contributed by atoms with Gasteiger partial charge in [-0.1, -0.05) is 11.6 Å². The lowest BCUT2D eigenvalue weighted by atomic mass is 10.4. The molecule has 0 radical (unpaired) electrons. The Hall–Kier alpha value is -1.07. The topological polar surface area (TPSA) is 54.6 Å². The van der Waals surface area contributed by atoms with E-state index in [-0.39, 0.29) is 6.42 Å². The summed E-state index contributed by atoms with van der Waals surface area (Å²) in [5, 5.41) is 9.28. The fourth-order valence-corrected chi connectivity index (χ4v) is 2.01. The number of rotatable bonds is 2. The third-order valence-corrected chi connectivity index (χ3v) is 2.76. The van der Waals surface area contributed by atoms with Crippen LogP contribution in [0.1, 0.15) is 5.82 Å². The number of halogens is 2. The third-order valence-electron chi connectivity index (χ3n) is 1.94. The second-order valence-corrected chi connectivity index (χ2v) is 4.18. The minimum absolute atomic E-state index is 0.117. The Morgan fingerprint density at radius 1 is 1.67 bits per heavy atom. The van der Waals surface area contributed by atoms with Crippen molar-refractivity contribution in [2.24, 2.45) is 0 Å². The van der Waals surface area contributed by atoms with E-state index in [4.69, 9.17) is 16.7 Å². The Morgan fingerprint density at radius 2 is 2.40 bits per heavy atom. The molecular weight excluding hydrogens is 283 g/mol. The van der Waals surface area contributed by atoms with Crippen LogP contribution < -0.4 is 0 Å². The molecule has 1 N–H and O–H groups in total. The van der Waals surface area contributed by atoms with Gasteiger partial charge in [-0.25, -0.2) is 4.98 Å². The average molecular weight is 290 g/mol. The minimum atomic E-state index is -0.913. The number of carbonyl (C=O) groups is 1. The summed E-state index contributed by atoms with van der Waals surface area (Å²) < 4.78 is 2.30. The zero-order chi connectivity index (χ0) is 11.0. The smallest absolute Gasteiger partial charge is 0.311 e. The Bertz CT molecular complexity index is 538. The molecule has 2 aromatic heterocycles. The van der Waals surface area contributed by atoms with Crippen LogP contribution in [0.3, 0.4) is 0 Å². The second-order valence-electron chi connectivity index (χ2n) is 2.99. The highest BCUT2D eigenvalue weighted by molar-refractivity contribution is 9.10. The van der Waals surface area contributed by atoms with Crippen LogP contribution in [0.2, 0.25) is 5.02 Å². The zero-order valence-corrected chi connectivity index (χ0v) is 9.79. The Morgan fingerprint density at radius 3 is 3.07 bits per heavy atom. The molecule has 15 heavy (non-hydrogen) atoms. The lowest BCUT2D eigenvalue weighted by Crippen LogP contribution is -2.04. The number of aliphatic carboxylic acids is 1. The SMILES string of the molecule is O=C(O)Cc1nc(Br)c2cc(Cl)ccn12. The van der Waals surface area contributed by atoms with E-state index in [2.05, 4.69) is 20.9 Å². The number of aromatic nitrogens is 2. The monoisotopic (exact) mass is 288 g/mol. The molecule has 0 saturated carbocycles. The van der Waals surface area contributed by atoms with Crippen LogP contribution in [0.5, 0.6) is 0 Å². The molecule has 2 aromatic rings. The number of imidazole rings is 1. The molecule has 0 unspecified atom stereocenters. The summed E-state index contributed by atoms with van der Waals surface area (Å²) in [4.78, 5) is 14.7. The lowest BCUT2D eigenvalue weighted by molar-refractivity contribution is -0.136. The van der Waals surface area contributed by atoms with Gasteiger partial charge in [0, 0.05) is 11.2 Å². The maximum atomic E-state index is 10.6. The van der Waals surface area contributed by atoms with Crippen molar-refractivity contribution in [1.82, 2.24) is 9.38 Å². The number of carboxylic acid groups (broad SMARTS) is 1. The van der Waals surface area contributed by atoms with Gasteiger partial charge in [-0.05, 0) is 28.1 Å². The van der Waals surface area contributed by atoms with Gasteiger partial charge in [0.05, 0.1) is 5.52 Å². The molecule has 0 aliphatic carbocycles. The summed E-state index contributed by atoms with van der Waals surface area (Å²) in [6.45, 7) is 0. The van der Waals surface area contributed by atoms with Crippen molar-refractivity contribution in [3.63, 3.8) is 0 Å². The van der Waals surface area contributed by atoms with Crippen LogP contribution in [-0.4, -0.2) is 20.5 Å². The molecule has 0 amide bonds. The van der Waals surface area contributed by atoms with Crippen LogP contribution in [0.15, 0.2) is 22.9 Å². The fraction of sp³-hybridized carbons (Fsp3) is 0.111. The number of hydrogen-bond donors (Lipinski definition) is 1. The number of hydrogen-bond acceptors (Lipinski definition) is 2. The van der Waals surface area contributed by atoms with Crippen molar-refractivity contribution >= 4 is 39.0 Å². The number of fused-ring (bicyclic) bond motifs is 1. The molecule has 2 rings (SSSR count). The average Bonchev–Trinajstić information content (AvgIpc) is 2.42. The van der Waals surface area contributed by atoms with Crippen molar-refractivity contribution in [1.29, 1.82) is 0 Å². The highest BCUT2D eigenvalue weighted by Crippen LogP contribution is 2.22. The van der Waals surface area contributed by atoms with E-state index < -0.39 is 5.97 Å². The first-order valence-corrected chi connectivity index (χ1v) is 5.29. The van der Waals surface area contributed by atoms with Crippen molar-refractivity contribution in [3.8, 4) is 0 Å². The number of pyridine rings is 1. The minimum Gasteiger partial charge on any atom is -0.481 e. The molecule has 0 aliphatic rings. The van der Waals surface area contributed by atoms with Gasteiger partial charge in [-0.3, -0.25) is 4.79 Å². The van der Waals surface area contributed by atoms with Crippen LogP contribution in [0.4, 0.5) is 0 Å². The van der Waals surface area contributed by atoms with E-state index in [0.717, 1.165) is 5.52 Å². The predicted octanol–water partition coefficient (Wildman–Crippen LogP) is 2.38. The van der Waals surface area contributed by atoms with Crippen molar-refractivity contribution in [3.05, 3.63) is 33.8 Å². The van der Waals surface area contributed by atoms with Gasteiger partial charge in [0.25, 0.3) is 0 Å². The van der Waals surface area contributed by atoms with Crippen LogP contribution >= 0.6 is 27.5 Å². The summed E-state index contributed by atoms with van der Waals surface area (Å²) in [5.41, 5.74) is 0.763. The van der Waals surface area contributed by atoms with Crippen molar-refractivity contribution in [2.45, 2.75) is 6.42 Å². The van der Waals surface area contributed by atoms with Crippen molar-refractivity contribution < 1.29 is 9.90 Å². The Labute approximate surface area is 98.6 Å². The predicted molar refractivity (Wildman–Crippen MR) is 59.2 cm³/mol. The molecule has 0 aliphatic heterocycles. The fourth-order valence-electron chi connectivity index (χ4n) is 1.34. The molecule has 4 nitrogen and oxygen atoms in total. The summed E-state index contributed by atoms with van der Waals surface area (Å²) in [6, 6.07) is 3.41. The molecule has 0 atom stereocenters. The van der Waals surface area contributed by atoms with E-state index in [0.29, 0.717) is 15.5 Å². The largest absolute Gasteiger partial charge is 0.481 e. The third kappa shape index (κ3) is 1.98. The molecule has 0 saturated heterocycles. The van der Waals surface area contributed by atoms with Crippen molar-refractivity contribution in [2.75, 3.05) is 0 Å². The molecule has 6 heteroatoms. The molecule has 0 fully saturated rings. The molecule has 0 spiro atoms. The first-order chi connectivity index (χ1) is 7.08. The zero-order valence-electron chi connectivity index (χ0n) is 7.44. The van der Waals surface area contributed by atoms with Gasteiger partial charge in [0.15, 0.2) is 0 Å². The van der Waals surface area contributed by atoms with Gasteiger partial charge < -0.3 is 9.51 Å². The summed E-state index contributed by atoms with van der Waals surface area (Å²) in [5.74, 6) is -0.439. The van der Waals surface area contributed by atoms with Gasteiger partial charge in [0.1, 0.15) is 16.8 Å². The normalized spacial score (nSPS) is 10.8. The van der Waals surface area contributed by atoms with Crippen LogP contribution in [0, 0.1) is 0 Å². The first-order valence-electron chi connectivity index (χ1n) is 4.11.